The lowest BCUT2D eigenvalue weighted by molar-refractivity contribution is -0.0598. The van der Waals surface area contributed by atoms with Crippen molar-refractivity contribution in [3.63, 3.8) is 0 Å². The zero-order chi connectivity index (χ0) is 16.9. The van der Waals surface area contributed by atoms with Crippen LogP contribution in [0, 0.1) is 11.3 Å². The first-order chi connectivity index (χ1) is 11.0. The fourth-order valence-electron chi connectivity index (χ4n) is 3.63. The van der Waals surface area contributed by atoms with E-state index in [9.17, 15) is 5.11 Å². The summed E-state index contributed by atoms with van der Waals surface area (Å²) in [5, 5.41) is 19.1. The molecule has 5 heteroatoms. The maximum atomic E-state index is 11.5. The van der Waals surface area contributed by atoms with E-state index in [1.54, 1.807) is 0 Å². The Bertz CT molecular complexity index is 495. The predicted octanol–water partition coefficient (Wildman–Crippen LogP) is 1.82. The molecule has 0 saturated carbocycles. The summed E-state index contributed by atoms with van der Waals surface area (Å²) in [6, 6.07) is 10.0. The van der Waals surface area contributed by atoms with Gasteiger partial charge < -0.3 is 15.7 Å². The van der Waals surface area contributed by atoms with Gasteiger partial charge in [0.05, 0.1) is 0 Å². The van der Waals surface area contributed by atoms with E-state index in [2.05, 4.69) is 18.7 Å². The van der Waals surface area contributed by atoms with Gasteiger partial charge in [-0.05, 0) is 11.5 Å². The number of nitrogens with one attached hydrogen (secondary N) is 1. The monoisotopic (exact) mass is 318 g/mol. The summed E-state index contributed by atoms with van der Waals surface area (Å²) in [4.78, 5) is 4.18. The molecule has 0 radical (unpaired) electrons. The number of hydrogen-bond donors (Lipinski definition) is 3. The number of aliphatic hydroxyl groups is 1. The van der Waals surface area contributed by atoms with E-state index in [1.807, 2.05) is 35.2 Å². The Hall–Kier alpha value is -1.59. The van der Waals surface area contributed by atoms with Crippen molar-refractivity contribution in [2.24, 2.45) is 11.7 Å². The number of nitrogens with two attached hydrogens (primary N) is 1. The predicted molar refractivity (Wildman–Crippen MR) is 94.3 cm³/mol. The Kier molecular flexibility index (Phi) is 6.02. The summed E-state index contributed by atoms with van der Waals surface area (Å²) in [6.45, 7) is 8.09. The minimum atomic E-state index is -0.830. The molecule has 1 unspecified atom stereocenters. The Morgan fingerprint density at radius 2 is 1.74 bits per heavy atom. The van der Waals surface area contributed by atoms with Crippen molar-refractivity contribution >= 4 is 5.96 Å². The fourth-order valence-corrected chi connectivity index (χ4v) is 3.63. The fraction of sp³-hybridized carbons (Fsp3) is 0.611. The summed E-state index contributed by atoms with van der Waals surface area (Å²) < 4.78 is 0. The minimum Gasteiger partial charge on any atom is -0.384 e. The van der Waals surface area contributed by atoms with Gasteiger partial charge in [-0.2, -0.15) is 0 Å². The van der Waals surface area contributed by atoms with Crippen LogP contribution in [0.4, 0.5) is 0 Å². The van der Waals surface area contributed by atoms with Crippen LogP contribution in [0.2, 0.25) is 0 Å². The number of rotatable bonds is 6. The first-order valence-corrected chi connectivity index (χ1v) is 8.60. The van der Waals surface area contributed by atoms with Gasteiger partial charge in [0.15, 0.2) is 5.96 Å². The summed E-state index contributed by atoms with van der Waals surface area (Å²) in [7, 11) is 0. The number of hydrogen-bond acceptors (Lipinski definition) is 3. The molecule has 1 aliphatic heterocycles. The Labute approximate surface area is 139 Å². The highest BCUT2D eigenvalue weighted by Crippen LogP contribution is 2.35. The summed E-state index contributed by atoms with van der Waals surface area (Å²) in [5.41, 5.74) is 5.74. The van der Waals surface area contributed by atoms with Gasteiger partial charge in [-0.3, -0.25) is 10.3 Å². The van der Waals surface area contributed by atoms with Gasteiger partial charge in [-0.1, -0.05) is 57.0 Å². The lowest BCUT2D eigenvalue weighted by Gasteiger charge is -2.43. The number of nitrogens with zero attached hydrogens (tertiary/aromatic N) is 2. The van der Waals surface area contributed by atoms with Crippen molar-refractivity contribution in [1.29, 1.82) is 5.41 Å². The van der Waals surface area contributed by atoms with Gasteiger partial charge in [0.1, 0.15) is 5.60 Å². The molecule has 0 spiro atoms. The zero-order valence-electron chi connectivity index (χ0n) is 14.3. The molecule has 1 aromatic carbocycles. The first-order valence-electron chi connectivity index (χ1n) is 8.60. The average molecular weight is 318 g/mol. The third kappa shape index (κ3) is 4.03. The maximum Gasteiger partial charge on any atom is 0.188 e. The van der Waals surface area contributed by atoms with Crippen molar-refractivity contribution in [2.45, 2.75) is 32.3 Å². The molecule has 1 fully saturated rings. The van der Waals surface area contributed by atoms with Crippen LogP contribution >= 0.6 is 0 Å². The van der Waals surface area contributed by atoms with E-state index in [4.69, 9.17) is 11.1 Å². The molecule has 0 aliphatic carbocycles. The molecular weight excluding hydrogens is 288 g/mol. The third-order valence-corrected chi connectivity index (χ3v) is 5.11. The second kappa shape index (κ2) is 7.79. The third-order valence-electron chi connectivity index (χ3n) is 5.11. The van der Waals surface area contributed by atoms with Gasteiger partial charge in [0, 0.05) is 32.7 Å². The Balaban J connectivity index is 2.15. The minimum absolute atomic E-state index is 0.142. The topological polar surface area (TPSA) is 76.6 Å². The molecule has 4 N–H and O–H groups in total. The number of guanidine groups is 1. The van der Waals surface area contributed by atoms with E-state index >= 15 is 0 Å². The van der Waals surface area contributed by atoms with Crippen molar-refractivity contribution < 1.29 is 5.11 Å². The van der Waals surface area contributed by atoms with Crippen LogP contribution < -0.4 is 5.73 Å². The second-order valence-corrected chi connectivity index (χ2v) is 6.45. The highest BCUT2D eigenvalue weighted by atomic mass is 16.3. The average Bonchev–Trinajstić information content (AvgIpc) is 2.57. The second-order valence-electron chi connectivity index (χ2n) is 6.45. The largest absolute Gasteiger partial charge is 0.384 e. The molecule has 1 heterocycles. The van der Waals surface area contributed by atoms with Gasteiger partial charge in [0.2, 0.25) is 0 Å². The van der Waals surface area contributed by atoms with Crippen molar-refractivity contribution in [3.05, 3.63) is 35.9 Å². The van der Waals surface area contributed by atoms with E-state index in [1.165, 1.54) is 0 Å². The normalized spacial score (nSPS) is 18.9. The standard InChI is InChI=1S/C18H30N4O/c1-3-15(4-2)18(23,16-8-6-5-7-9-16)14-21-10-12-22(13-11-21)17(19)20/h5-9,15,23H,3-4,10-14H2,1-2H3,(H3,19,20). The van der Waals surface area contributed by atoms with Gasteiger partial charge in [-0.15, -0.1) is 0 Å². The Morgan fingerprint density at radius 1 is 1.17 bits per heavy atom. The SMILES string of the molecule is CCC(CC)C(O)(CN1CCN(C(=N)N)CC1)c1ccccc1. The highest BCUT2D eigenvalue weighted by Gasteiger charge is 2.38. The van der Waals surface area contributed by atoms with Crippen LogP contribution in [0.15, 0.2) is 30.3 Å². The number of benzene rings is 1. The van der Waals surface area contributed by atoms with E-state index in [-0.39, 0.29) is 11.9 Å². The first kappa shape index (κ1) is 17.8. The Morgan fingerprint density at radius 3 is 2.22 bits per heavy atom. The maximum absolute atomic E-state index is 11.5. The molecule has 0 amide bonds. The van der Waals surface area contributed by atoms with E-state index in [0.29, 0.717) is 6.54 Å². The molecule has 2 rings (SSSR count). The van der Waals surface area contributed by atoms with Crippen LogP contribution in [-0.4, -0.2) is 53.6 Å². The summed E-state index contributed by atoms with van der Waals surface area (Å²) in [6.07, 6.45) is 1.91. The lowest BCUT2D eigenvalue weighted by atomic mass is 9.77. The molecule has 1 saturated heterocycles. The zero-order valence-corrected chi connectivity index (χ0v) is 14.3. The van der Waals surface area contributed by atoms with E-state index < -0.39 is 5.60 Å². The van der Waals surface area contributed by atoms with E-state index in [0.717, 1.165) is 44.6 Å². The molecule has 1 aliphatic rings. The lowest BCUT2D eigenvalue weighted by Crippen LogP contribution is -2.55. The quantitative estimate of drug-likeness (QED) is 0.552. The van der Waals surface area contributed by atoms with Crippen LogP contribution in [-0.2, 0) is 5.60 Å². The summed E-state index contributed by atoms with van der Waals surface area (Å²) >= 11 is 0. The van der Waals surface area contributed by atoms with Crippen molar-refractivity contribution in [3.8, 4) is 0 Å². The molecule has 5 nitrogen and oxygen atoms in total. The highest BCUT2D eigenvalue weighted by molar-refractivity contribution is 5.74. The van der Waals surface area contributed by atoms with Crippen LogP contribution in [0.5, 0.6) is 0 Å². The molecule has 0 bridgehead atoms. The van der Waals surface area contributed by atoms with Gasteiger partial charge >= 0.3 is 0 Å². The van der Waals surface area contributed by atoms with Crippen molar-refractivity contribution in [2.75, 3.05) is 32.7 Å². The molecule has 23 heavy (non-hydrogen) atoms. The molecular formula is C18H30N4O. The van der Waals surface area contributed by atoms with Crippen LogP contribution in [0.1, 0.15) is 32.3 Å². The molecule has 0 aromatic heterocycles. The summed E-state index contributed by atoms with van der Waals surface area (Å²) in [5.74, 6) is 0.374. The van der Waals surface area contributed by atoms with Crippen LogP contribution in [0.3, 0.4) is 0 Å². The number of β-amino-alcohol motifs (C(OH)–C–C–N with tert-alkyl or cyclic N) is 1. The molecule has 1 atom stereocenters. The van der Waals surface area contributed by atoms with Gasteiger partial charge in [-0.25, -0.2) is 0 Å². The van der Waals surface area contributed by atoms with Crippen molar-refractivity contribution in [1.82, 2.24) is 9.80 Å². The van der Waals surface area contributed by atoms with Crippen LogP contribution in [0.25, 0.3) is 0 Å². The smallest absolute Gasteiger partial charge is 0.188 e. The number of piperazine rings is 1. The molecule has 1 aromatic rings. The van der Waals surface area contributed by atoms with Gasteiger partial charge in [0.25, 0.3) is 0 Å². The molecule has 128 valence electrons.